The fraction of sp³-hybridized carbons (Fsp3) is 0.259. The molecule has 0 spiro atoms. The third-order valence-electron chi connectivity index (χ3n) is 6.17. The van der Waals surface area contributed by atoms with E-state index in [0.29, 0.717) is 23.8 Å². The van der Waals surface area contributed by atoms with Gasteiger partial charge in [-0.15, -0.1) is 0 Å². The van der Waals surface area contributed by atoms with Crippen molar-refractivity contribution in [1.82, 2.24) is 0 Å². The molecule has 1 aliphatic heterocycles. The molecule has 1 fully saturated rings. The van der Waals surface area contributed by atoms with Gasteiger partial charge in [-0.2, -0.15) is 0 Å². The maximum atomic E-state index is 14.7. The zero-order chi connectivity index (χ0) is 24.8. The lowest BCUT2D eigenvalue weighted by molar-refractivity contribution is -0.117. The molecule has 1 heterocycles. The Balaban J connectivity index is 1.59. The van der Waals surface area contributed by atoms with Crippen molar-refractivity contribution in [3.63, 3.8) is 0 Å². The van der Waals surface area contributed by atoms with Gasteiger partial charge in [0.2, 0.25) is 0 Å². The molecule has 4 rings (SSSR count). The molecule has 0 radical (unpaired) electrons. The van der Waals surface area contributed by atoms with Crippen LogP contribution in [0.25, 0.3) is 0 Å². The van der Waals surface area contributed by atoms with E-state index in [1.54, 1.807) is 24.3 Å². The second-order valence-electron chi connectivity index (χ2n) is 8.62. The highest BCUT2D eigenvalue weighted by Crippen LogP contribution is 2.29. The van der Waals surface area contributed by atoms with Crippen LogP contribution in [0.15, 0.2) is 71.9 Å². The maximum Gasteiger partial charge on any atom is 0.251 e. The minimum Gasteiger partial charge on any atom is -0.409 e. The van der Waals surface area contributed by atoms with Crippen molar-refractivity contribution in [1.29, 1.82) is 0 Å². The van der Waals surface area contributed by atoms with Gasteiger partial charge in [-0.3, -0.25) is 4.79 Å². The average molecular weight is 476 g/mol. The van der Waals surface area contributed by atoms with Crippen molar-refractivity contribution in [2.45, 2.75) is 38.8 Å². The minimum atomic E-state index is -0.959. The Morgan fingerprint density at radius 3 is 2.69 bits per heavy atom. The Morgan fingerprint density at radius 2 is 1.94 bits per heavy atom. The highest BCUT2D eigenvalue weighted by molar-refractivity contribution is 6.00. The summed E-state index contributed by atoms with van der Waals surface area (Å²) in [4.78, 5) is 15.4. The van der Waals surface area contributed by atoms with Crippen molar-refractivity contribution in [3.8, 4) is 0 Å². The van der Waals surface area contributed by atoms with E-state index >= 15 is 0 Å². The number of nitrogens with one attached hydrogen (secondary N) is 2. The molecular weight excluding hydrogens is 445 g/mol. The molecule has 1 aliphatic rings. The number of hydrogen-bond acceptors (Lipinski definition) is 5. The summed E-state index contributed by atoms with van der Waals surface area (Å²) >= 11 is 0. The summed E-state index contributed by atoms with van der Waals surface area (Å²) in [5.74, 6) is -0.224. The SMILES string of the molecule is Cc1cc(NC(=O)C(Nc2cccc(CN)c2)c2ccccc2F)ccc1N1CCCCC1=NO. The number of aryl methyl sites for hydroxylation is 1. The first kappa shape index (κ1) is 24.2. The molecule has 0 aliphatic carbocycles. The van der Waals surface area contributed by atoms with E-state index < -0.39 is 17.8 Å². The van der Waals surface area contributed by atoms with Gasteiger partial charge in [-0.1, -0.05) is 35.5 Å². The number of anilines is 3. The summed E-state index contributed by atoms with van der Waals surface area (Å²) in [5, 5.41) is 18.9. The lowest BCUT2D eigenvalue weighted by atomic mass is 10.0. The van der Waals surface area contributed by atoms with Gasteiger partial charge < -0.3 is 26.5 Å². The summed E-state index contributed by atoms with van der Waals surface area (Å²) in [6, 6.07) is 18.2. The second kappa shape index (κ2) is 11.0. The molecule has 0 saturated carbocycles. The van der Waals surface area contributed by atoms with Crippen molar-refractivity contribution >= 4 is 28.8 Å². The zero-order valence-corrected chi connectivity index (χ0v) is 19.7. The number of nitrogens with two attached hydrogens (primary N) is 1. The number of oxime groups is 1. The summed E-state index contributed by atoms with van der Waals surface area (Å²) < 4.78 is 14.7. The molecule has 1 saturated heterocycles. The minimum absolute atomic E-state index is 0.244. The number of amides is 1. The molecule has 0 bridgehead atoms. The van der Waals surface area contributed by atoms with Gasteiger partial charge in [-0.25, -0.2) is 4.39 Å². The van der Waals surface area contributed by atoms with Crippen molar-refractivity contribution in [3.05, 3.63) is 89.2 Å². The Kier molecular flexibility index (Phi) is 7.62. The first-order valence-corrected chi connectivity index (χ1v) is 11.7. The highest BCUT2D eigenvalue weighted by atomic mass is 19.1. The normalized spacial score (nSPS) is 15.6. The number of hydrogen-bond donors (Lipinski definition) is 4. The number of piperidine rings is 1. The number of carbonyl (C=O) groups is 1. The fourth-order valence-electron chi connectivity index (χ4n) is 4.38. The number of nitrogens with zero attached hydrogens (tertiary/aromatic N) is 2. The van der Waals surface area contributed by atoms with E-state index in [2.05, 4.69) is 15.8 Å². The molecule has 5 N–H and O–H groups in total. The number of amidine groups is 1. The van der Waals surface area contributed by atoms with Crippen LogP contribution < -0.4 is 21.3 Å². The first-order chi connectivity index (χ1) is 17.0. The summed E-state index contributed by atoms with van der Waals surface area (Å²) in [6.07, 6.45) is 2.72. The molecule has 3 aromatic rings. The van der Waals surface area contributed by atoms with E-state index in [9.17, 15) is 14.4 Å². The standard InChI is InChI=1S/C27H30FN5O2/c1-18-15-21(12-13-24(18)33-14-5-4-11-25(33)32-35)31-27(34)26(22-9-2-3-10-23(22)28)30-20-8-6-7-19(16-20)17-29/h2-3,6-10,12-13,15-16,26,30,35H,4-5,11,14,17,29H2,1H3,(H,31,34). The van der Waals surface area contributed by atoms with Crippen molar-refractivity contribution in [2.75, 3.05) is 22.1 Å². The quantitative estimate of drug-likeness (QED) is 0.279. The number of rotatable bonds is 7. The molecule has 35 heavy (non-hydrogen) atoms. The smallest absolute Gasteiger partial charge is 0.251 e. The molecule has 1 unspecified atom stereocenters. The van der Waals surface area contributed by atoms with Crippen LogP contribution in [0, 0.1) is 12.7 Å². The molecule has 8 heteroatoms. The number of halogens is 1. The lowest BCUT2D eigenvalue weighted by Crippen LogP contribution is -2.36. The van der Waals surface area contributed by atoms with Crippen LogP contribution in [0.5, 0.6) is 0 Å². The summed E-state index contributed by atoms with van der Waals surface area (Å²) in [6.45, 7) is 3.07. The van der Waals surface area contributed by atoms with E-state index in [1.165, 1.54) is 6.07 Å². The van der Waals surface area contributed by atoms with Gasteiger partial charge in [0.15, 0.2) is 0 Å². The summed E-state index contributed by atoms with van der Waals surface area (Å²) in [7, 11) is 0. The van der Waals surface area contributed by atoms with Crippen LogP contribution in [-0.2, 0) is 11.3 Å². The van der Waals surface area contributed by atoms with Crippen molar-refractivity contribution < 1.29 is 14.4 Å². The van der Waals surface area contributed by atoms with Crippen molar-refractivity contribution in [2.24, 2.45) is 10.9 Å². The van der Waals surface area contributed by atoms with Crippen LogP contribution >= 0.6 is 0 Å². The number of benzene rings is 3. The molecule has 182 valence electrons. The van der Waals surface area contributed by atoms with Crippen LogP contribution in [0.1, 0.15) is 42.0 Å². The Labute approximate surface area is 204 Å². The third-order valence-corrected chi connectivity index (χ3v) is 6.17. The topological polar surface area (TPSA) is 103 Å². The fourth-order valence-corrected chi connectivity index (χ4v) is 4.38. The first-order valence-electron chi connectivity index (χ1n) is 11.7. The zero-order valence-electron chi connectivity index (χ0n) is 19.7. The third kappa shape index (κ3) is 5.60. The predicted molar refractivity (Wildman–Crippen MR) is 137 cm³/mol. The van der Waals surface area contributed by atoms with E-state index in [-0.39, 0.29) is 5.56 Å². The molecule has 7 nitrogen and oxygen atoms in total. The molecular formula is C27H30FN5O2. The van der Waals surface area contributed by atoms with Gasteiger partial charge in [0.05, 0.1) is 0 Å². The molecule has 1 atom stereocenters. The van der Waals surface area contributed by atoms with Gasteiger partial charge in [0, 0.05) is 42.1 Å². The van der Waals surface area contributed by atoms with Gasteiger partial charge in [0.25, 0.3) is 5.91 Å². The van der Waals surface area contributed by atoms with Crippen LogP contribution in [0.3, 0.4) is 0 Å². The Hall–Kier alpha value is -3.91. The predicted octanol–water partition coefficient (Wildman–Crippen LogP) is 5.16. The van der Waals surface area contributed by atoms with Crippen LogP contribution in [0.2, 0.25) is 0 Å². The molecule has 0 aromatic heterocycles. The average Bonchev–Trinajstić information content (AvgIpc) is 2.88. The lowest BCUT2D eigenvalue weighted by Gasteiger charge is -2.30. The van der Waals surface area contributed by atoms with Crippen LogP contribution in [0.4, 0.5) is 21.5 Å². The number of carbonyl (C=O) groups excluding carboxylic acids is 1. The van der Waals surface area contributed by atoms with Crippen LogP contribution in [-0.4, -0.2) is 23.5 Å². The second-order valence-corrected chi connectivity index (χ2v) is 8.62. The summed E-state index contributed by atoms with van der Waals surface area (Å²) in [5.41, 5.74) is 10.0. The largest absolute Gasteiger partial charge is 0.409 e. The monoisotopic (exact) mass is 475 g/mol. The van der Waals surface area contributed by atoms with E-state index in [0.717, 1.165) is 42.6 Å². The maximum absolute atomic E-state index is 14.7. The Morgan fingerprint density at radius 1 is 1.11 bits per heavy atom. The van der Waals surface area contributed by atoms with Gasteiger partial charge in [0.1, 0.15) is 17.7 Å². The highest BCUT2D eigenvalue weighted by Gasteiger charge is 2.25. The van der Waals surface area contributed by atoms with E-state index in [1.807, 2.05) is 48.2 Å². The van der Waals surface area contributed by atoms with E-state index in [4.69, 9.17) is 5.73 Å². The molecule has 1 amide bonds. The Bertz CT molecular complexity index is 1230. The van der Waals surface area contributed by atoms with Gasteiger partial charge in [-0.05, 0) is 67.3 Å². The van der Waals surface area contributed by atoms with Gasteiger partial charge >= 0.3 is 0 Å². The molecule has 3 aromatic carbocycles.